The van der Waals surface area contributed by atoms with E-state index in [2.05, 4.69) is 16.8 Å². The van der Waals surface area contributed by atoms with Crippen LogP contribution in [0, 0.1) is 11.8 Å². The average molecular weight is 228 g/mol. The third-order valence-corrected chi connectivity index (χ3v) is 2.55. The van der Waals surface area contributed by atoms with Gasteiger partial charge in [0.25, 0.3) is 0 Å². The van der Waals surface area contributed by atoms with Crippen molar-refractivity contribution in [1.82, 2.24) is 9.38 Å². The first-order valence-corrected chi connectivity index (χ1v) is 5.26. The molecule has 1 atom stereocenters. The van der Waals surface area contributed by atoms with E-state index >= 15 is 0 Å². The third kappa shape index (κ3) is 2.13. The fourth-order valence-corrected chi connectivity index (χ4v) is 1.67. The normalized spacial score (nSPS) is 11.9. The van der Waals surface area contributed by atoms with Crippen molar-refractivity contribution in [3.63, 3.8) is 0 Å². The Kier molecular flexibility index (Phi) is 2.84. The summed E-state index contributed by atoms with van der Waals surface area (Å²) < 4.78 is 1.71. The molecule has 1 unspecified atom stereocenters. The molecule has 0 saturated carbocycles. The standard InChI is InChI=1S/C13H12N2O2/c1-3-4-9(2)10-5-6-12-14-11(13(16)17)8-15(12)7-10/h5-9H,1-2H3,(H,16,17). The Morgan fingerprint density at radius 3 is 2.88 bits per heavy atom. The molecule has 4 nitrogen and oxygen atoms in total. The van der Waals surface area contributed by atoms with Crippen molar-refractivity contribution in [2.75, 3.05) is 0 Å². The number of carboxylic acids is 1. The van der Waals surface area contributed by atoms with Gasteiger partial charge in [-0.3, -0.25) is 0 Å². The van der Waals surface area contributed by atoms with Crippen LogP contribution in [0.25, 0.3) is 5.65 Å². The van der Waals surface area contributed by atoms with Gasteiger partial charge in [-0.05, 0) is 25.5 Å². The fourth-order valence-electron chi connectivity index (χ4n) is 1.67. The topological polar surface area (TPSA) is 54.6 Å². The molecule has 0 bridgehead atoms. The number of imidazole rings is 1. The van der Waals surface area contributed by atoms with Gasteiger partial charge in [0.2, 0.25) is 0 Å². The van der Waals surface area contributed by atoms with Crippen LogP contribution in [0.2, 0.25) is 0 Å². The zero-order chi connectivity index (χ0) is 12.4. The van der Waals surface area contributed by atoms with E-state index in [0.29, 0.717) is 5.65 Å². The van der Waals surface area contributed by atoms with Gasteiger partial charge in [-0.1, -0.05) is 12.0 Å². The highest BCUT2D eigenvalue weighted by molar-refractivity contribution is 5.86. The van der Waals surface area contributed by atoms with Gasteiger partial charge in [0, 0.05) is 18.3 Å². The molecule has 0 aliphatic rings. The summed E-state index contributed by atoms with van der Waals surface area (Å²) in [5, 5.41) is 8.85. The molecule has 86 valence electrons. The van der Waals surface area contributed by atoms with Crippen LogP contribution in [0.5, 0.6) is 0 Å². The van der Waals surface area contributed by atoms with Gasteiger partial charge in [0.15, 0.2) is 5.69 Å². The summed E-state index contributed by atoms with van der Waals surface area (Å²) in [5.41, 5.74) is 1.72. The highest BCUT2D eigenvalue weighted by Gasteiger charge is 2.09. The Morgan fingerprint density at radius 2 is 2.24 bits per heavy atom. The van der Waals surface area contributed by atoms with Gasteiger partial charge in [-0.25, -0.2) is 9.78 Å². The second-order valence-electron chi connectivity index (χ2n) is 3.78. The number of hydrogen-bond donors (Lipinski definition) is 1. The number of fused-ring (bicyclic) bond motifs is 1. The minimum Gasteiger partial charge on any atom is -0.476 e. The number of rotatable bonds is 2. The molecule has 0 radical (unpaired) electrons. The van der Waals surface area contributed by atoms with Crippen LogP contribution in [-0.4, -0.2) is 20.5 Å². The molecule has 17 heavy (non-hydrogen) atoms. The van der Waals surface area contributed by atoms with Crippen molar-refractivity contribution < 1.29 is 9.90 Å². The van der Waals surface area contributed by atoms with Crippen LogP contribution in [-0.2, 0) is 0 Å². The van der Waals surface area contributed by atoms with Crippen LogP contribution >= 0.6 is 0 Å². The van der Waals surface area contributed by atoms with Crippen LogP contribution in [0.1, 0.15) is 35.8 Å². The molecule has 0 aliphatic carbocycles. The zero-order valence-corrected chi connectivity index (χ0v) is 9.64. The van der Waals surface area contributed by atoms with E-state index in [9.17, 15) is 4.79 Å². The quantitative estimate of drug-likeness (QED) is 0.801. The molecule has 4 heteroatoms. The summed E-state index contributed by atoms with van der Waals surface area (Å²) in [4.78, 5) is 14.8. The van der Waals surface area contributed by atoms with Crippen LogP contribution in [0.15, 0.2) is 24.5 Å². The highest BCUT2D eigenvalue weighted by Crippen LogP contribution is 2.16. The number of carboxylic acid groups (broad SMARTS) is 1. The first-order valence-electron chi connectivity index (χ1n) is 5.26. The lowest BCUT2D eigenvalue weighted by Gasteiger charge is -2.04. The van der Waals surface area contributed by atoms with E-state index < -0.39 is 5.97 Å². The summed E-state index contributed by atoms with van der Waals surface area (Å²) in [6.07, 6.45) is 3.37. The van der Waals surface area contributed by atoms with Crippen molar-refractivity contribution in [2.24, 2.45) is 0 Å². The largest absolute Gasteiger partial charge is 0.476 e. The van der Waals surface area contributed by atoms with Gasteiger partial charge in [0.1, 0.15) is 5.65 Å². The maximum atomic E-state index is 10.8. The Hall–Kier alpha value is -2.28. The van der Waals surface area contributed by atoms with E-state index in [0.717, 1.165) is 5.56 Å². The number of carbonyl (C=O) groups is 1. The molecule has 0 fully saturated rings. The zero-order valence-electron chi connectivity index (χ0n) is 9.64. The minimum absolute atomic E-state index is 0.0522. The van der Waals surface area contributed by atoms with Crippen LogP contribution in [0.4, 0.5) is 0 Å². The van der Waals surface area contributed by atoms with Crippen molar-refractivity contribution in [2.45, 2.75) is 19.8 Å². The predicted octanol–water partition coefficient (Wildman–Crippen LogP) is 2.16. The molecular weight excluding hydrogens is 216 g/mol. The molecule has 0 aromatic carbocycles. The van der Waals surface area contributed by atoms with Gasteiger partial charge in [-0.15, -0.1) is 5.92 Å². The second-order valence-corrected chi connectivity index (χ2v) is 3.78. The number of pyridine rings is 1. The minimum atomic E-state index is -1.02. The smallest absolute Gasteiger partial charge is 0.356 e. The van der Waals surface area contributed by atoms with Crippen molar-refractivity contribution in [3.05, 3.63) is 35.8 Å². The van der Waals surface area contributed by atoms with Gasteiger partial charge in [0.05, 0.1) is 0 Å². The first-order chi connectivity index (χ1) is 8.11. The molecular formula is C13H12N2O2. The predicted molar refractivity (Wildman–Crippen MR) is 64.0 cm³/mol. The molecule has 0 aliphatic heterocycles. The molecule has 2 rings (SSSR count). The Labute approximate surface area is 98.9 Å². The summed E-state index contributed by atoms with van der Waals surface area (Å²) >= 11 is 0. The lowest BCUT2D eigenvalue weighted by Crippen LogP contribution is -1.95. The fraction of sp³-hybridized carbons (Fsp3) is 0.231. The summed E-state index contributed by atoms with van der Waals surface area (Å²) in [7, 11) is 0. The molecule has 0 saturated heterocycles. The maximum Gasteiger partial charge on any atom is 0.356 e. The van der Waals surface area contributed by atoms with E-state index in [1.807, 2.05) is 19.2 Å². The van der Waals surface area contributed by atoms with E-state index in [4.69, 9.17) is 5.11 Å². The second kappa shape index (κ2) is 4.30. The Morgan fingerprint density at radius 1 is 1.47 bits per heavy atom. The number of aromatic nitrogens is 2. The van der Waals surface area contributed by atoms with Gasteiger partial charge < -0.3 is 9.51 Å². The number of hydrogen-bond acceptors (Lipinski definition) is 2. The average Bonchev–Trinajstić information content (AvgIpc) is 2.71. The van der Waals surface area contributed by atoms with Crippen molar-refractivity contribution >= 4 is 11.6 Å². The molecule has 0 spiro atoms. The first kappa shape index (κ1) is 11.2. The highest BCUT2D eigenvalue weighted by atomic mass is 16.4. The molecule has 1 N–H and O–H groups in total. The van der Waals surface area contributed by atoms with Gasteiger partial charge in [-0.2, -0.15) is 0 Å². The van der Waals surface area contributed by atoms with Crippen molar-refractivity contribution in [3.8, 4) is 11.8 Å². The summed E-state index contributed by atoms with van der Waals surface area (Å²) in [5.74, 6) is 5.03. The van der Waals surface area contributed by atoms with E-state index in [-0.39, 0.29) is 11.6 Å². The molecule has 2 heterocycles. The van der Waals surface area contributed by atoms with Gasteiger partial charge >= 0.3 is 5.97 Å². The van der Waals surface area contributed by atoms with E-state index in [1.54, 1.807) is 17.4 Å². The number of aromatic carboxylic acids is 1. The summed E-state index contributed by atoms with van der Waals surface area (Å²) in [6, 6.07) is 3.72. The lowest BCUT2D eigenvalue weighted by atomic mass is 10.0. The monoisotopic (exact) mass is 228 g/mol. The summed E-state index contributed by atoms with van der Waals surface area (Å²) in [6.45, 7) is 3.81. The van der Waals surface area contributed by atoms with Crippen LogP contribution < -0.4 is 0 Å². The molecule has 2 aromatic rings. The Balaban J connectivity index is 2.49. The van der Waals surface area contributed by atoms with E-state index in [1.165, 1.54) is 6.20 Å². The number of nitrogens with zero attached hydrogens (tertiary/aromatic N) is 2. The molecule has 0 amide bonds. The van der Waals surface area contributed by atoms with Crippen LogP contribution in [0.3, 0.4) is 0 Å². The Bertz CT molecular complexity index is 632. The molecule has 2 aromatic heterocycles. The third-order valence-electron chi connectivity index (χ3n) is 2.55. The maximum absolute atomic E-state index is 10.8. The van der Waals surface area contributed by atoms with Crippen molar-refractivity contribution in [1.29, 1.82) is 0 Å². The SMILES string of the molecule is CC#CC(C)c1ccc2nc(C(=O)O)cn2c1. The lowest BCUT2D eigenvalue weighted by molar-refractivity contribution is 0.0691.